The highest BCUT2D eigenvalue weighted by molar-refractivity contribution is 7.89. The van der Waals surface area contributed by atoms with Crippen molar-refractivity contribution in [3.8, 4) is 0 Å². The van der Waals surface area contributed by atoms with E-state index in [4.69, 9.17) is 16.3 Å². The normalized spacial score (nSPS) is 25.0. The number of nitrogens with zero attached hydrogens (tertiary/aromatic N) is 3. The minimum absolute atomic E-state index is 0.0210. The first-order valence-electron chi connectivity index (χ1n) is 13.5. The molecule has 2 aromatic rings. The number of amides is 1. The molecule has 0 N–H and O–H groups in total. The van der Waals surface area contributed by atoms with Crippen LogP contribution in [0.1, 0.15) is 50.6 Å². The highest BCUT2D eigenvalue weighted by Gasteiger charge is 2.43. The van der Waals surface area contributed by atoms with E-state index >= 15 is 0 Å². The van der Waals surface area contributed by atoms with Crippen molar-refractivity contribution in [2.24, 2.45) is 5.92 Å². The van der Waals surface area contributed by atoms with Crippen molar-refractivity contribution in [1.82, 2.24) is 14.1 Å². The van der Waals surface area contributed by atoms with Gasteiger partial charge in [-0.25, -0.2) is 22.0 Å². The lowest BCUT2D eigenvalue weighted by atomic mass is 9.93. The summed E-state index contributed by atoms with van der Waals surface area (Å²) in [5.74, 6) is -0.571. The molecule has 3 fully saturated rings. The number of piperidine rings is 1. The SMILES string of the molecule is C[C@H]1CN(CC2CC2)CCN1C(=O)OC[C@@H]1CCC[C@H](c2cc(F)ccc2F)N1S(=O)(=O)c1ccc(Cl)cc1. The highest BCUT2D eigenvalue weighted by atomic mass is 35.5. The summed E-state index contributed by atoms with van der Waals surface area (Å²) in [6.45, 7) is 4.95. The van der Waals surface area contributed by atoms with E-state index in [-0.39, 0.29) is 23.1 Å². The molecule has 0 spiro atoms. The van der Waals surface area contributed by atoms with Crippen molar-refractivity contribution in [3.63, 3.8) is 0 Å². The van der Waals surface area contributed by atoms with Crippen LogP contribution in [0.3, 0.4) is 0 Å². The van der Waals surface area contributed by atoms with E-state index in [2.05, 4.69) is 4.90 Å². The van der Waals surface area contributed by atoms with Crippen molar-refractivity contribution >= 4 is 27.7 Å². The quantitative estimate of drug-likeness (QED) is 0.435. The van der Waals surface area contributed by atoms with E-state index in [9.17, 15) is 22.0 Å². The Bertz CT molecular complexity index is 1290. The topological polar surface area (TPSA) is 70.2 Å². The van der Waals surface area contributed by atoms with Crippen molar-refractivity contribution in [1.29, 1.82) is 0 Å². The Hall–Kier alpha value is -2.27. The van der Waals surface area contributed by atoms with E-state index < -0.39 is 39.8 Å². The maximum atomic E-state index is 14.9. The fourth-order valence-electron chi connectivity index (χ4n) is 5.75. The summed E-state index contributed by atoms with van der Waals surface area (Å²) in [6, 6.07) is 7.03. The first kappa shape index (κ1) is 28.3. The Kier molecular flexibility index (Phi) is 8.47. The molecule has 1 saturated carbocycles. The Morgan fingerprint density at radius 3 is 2.49 bits per heavy atom. The molecule has 3 aliphatic rings. The van der Waals surface area contributed by atoms with Gasteiger partial charge in [0.25, 0.3) is 0 Å². The lowest BCUT2D eigenvalue weighted by Crippen LogP contribution is -2.55. The molecule has 1 aliphatic carbocycles. The lowest BCUT2D eigenvalue weighted by Gasteiger charge is -2.42. The summed E-state index contributed by atoms with van der Waals surface area (Å²) >= 11 is 5.98. The molecule has 7 nitrogen and oxygen atoms in total. The van der Waals surface area contributed by atoms with Crippen LogP contribution < -0.4 is 0 Å². The van der Waals surface area contributed by atoms with Crippen molar-refractivity contribution in [2.45, 2.75) is 62.0 Å². The molecule has 2 aromatic carbocycles. The van der Waals surface area contributed by atoms with Crippen LogP contribution >= 0.6 is 11.6 Å². The van der Waals surface area contributed by atoms with E-state index in [0.717, 1.165) is 43.8 Å². The van der Waals surface area contributed by atoms with E-state index in [1.54, 1.807) is 4.90 Å². The lowest BCUT2D eigenvalue weighted by molar-refractivity contribution is 0.0315. The fourth-order valence-corrected chi connectivity index (χ4v) is 7.72. The monoisotopic (exact) mass is 581 g/mol. The fraction of sp³-hybridized carbons (Fsp3) is 0.536. The third kappa shape index (κ3) is 6.39. The van der Waals surface area contributed by atoms with Gasteiger partial charge < -0.3 is 9.64 Å². The van der Waals surface area contributed by atoms with Crippen LogP contribution in [-0.4, -0.2) is 73.5 Å². The third-order valence-electron chi connectivity index (χ3n) is 7.95. The Labute approximate surface area is 233 Å². The molecule has 11 heteroatoms. The second kappa shape index (κ2) is 11.7. The zero-order chi connectivity index (χ0) is 27.7. The summed E-state index contributed by atoms with van der Waals surface area (Å²) in [4.78, 5) is 17.1. The van der Waals surface area contributed by atoms with Gasteiger partial charge >= 0.3 is 6.09 Å². The molecular weight excluding hydrogens is 548 g/mol. The molecule has 5 rings (SSSR count). The maximum Gasteiger partial charge on any atom is 0.410 e. The Balaban J connectivity index is 1.36. The second-order valence-corrected chi connectivity index (χ2v) is 13.2. The number of hydrogen-bond donors (Lipinski definition) is 0. The minimum Gasteiger partial charge on any atom is -0.448 e. The van der Waals surface area contributed by atoms with E-state index in [0.29, 0.717) is 30.8 Å². The van der Waals surface area contributed by atoms with Crippen LogP contribution in [0.25, 0.3) is 0 Å². The summed E-state index contributed by atoms with van der Waals surface area (Å²) in [5.41, 5.74) is -0.0380. The van der Waals surface area contributed by atoms with Gasteiger partial charge in [-0.3, -0.25) is 4.90 Å². The summed E-state index contributed by atoms with van der Waals surface area (Å²) in [7, 11) is -4.18. The molecular formula is C28H34ClF2N3O4S. The molecule has 212 valence electrons. The number of hydrogen-bond acceptors (Lipinski definition) is 5. The maximum absolute atomic E-state index is 14.9. The van der Waals surface area contributed by atoms with Gasteiger partial charge in [0.05, 0.1) is 17.0 Å². The number of carbonyl (C=O) groups is 1. The minimum atomic E-state index is -4.18. The average Bonchev–Trinajstić information content (AvgIpc) is 3.73. The van der Waals surface area contributed by atoms with Crippen molar-refractivity contribution in [2.75, 3.05) is 32.8 Å². The van der Waals surface area contributed by atoms with Crippen LogP contribution in [0.15, 0.2) is 47.4 Å². The zero-order valence-electron chi connectivity index (χ0n) is 21.9. The van der Waals surface area contributed by atoms with E-state index in [1.165, 1.54) is 41.4 Å². The van der Waals surface area contributed by atoms with Gasteiger partial charge in [0.2, 0.25) is 10.0 Å². The summed E-state index contributed by atoms with van der Waals surface area (Å²) in [6.07, 6.45) is 3.33. The number of piperazine rings is 1. The van der Waals surface area contributed by atoms with Crippen molar-refractivity contribution in [3.05, 3.63) is 64.7 Å². The number of sulfonamides is 1. The number of halogens is 3. The molecule has 0 bridgehead atoms. The van der Waals surface area contributed by atoms with Gasteiger partial charge in [-0.15, -0.1) is 0 Å². The van der Waals surface area contributed by atoms with Gasteiger partial charge in [-0.05, 0) is 87.4 Å². The number of carbonyl (C=O) groups excluding carboxylic acids is 1. The molecule has 0 radical (unpaired) electrons. The standard InChI is InChI=1S/C28H34ClF2N3O4S/c1-19-16-32(17-20-5-6-20)13-14-33(19)28(35)38-18-23-3-2-4-27(25-15-22(30)9-12-26(25)31)34(23)39(36,37)24-10-7-21(29)8-11-24/h7-12,15,19-20,23,27H,2-6,13-14,16-18H2,1H3/t19-,23-,27+/m0/s1. The molecule has 1 amide bonds. The van der Waals surface area contributed by atoms with Crippen LogP contribution in [-0.2, 0) is 14.8 Å². The van der Waals surface area contributed by atoms with Crippen LogP contribution in [0, 0.1) is 17.6 Å². The molecule has 3 atom stereocenters. The third-order valence-corrected chi connectivity index (χ3v) is 10.2. The summed E-state index contributed by atoms with van der Waals surface area (Å²) < 4.78 is 63.8. The van der Waals surface area contributed by atoms with Crippen molar-refractivity contribution < 1.29 is 26.7 Å². The van der Waals surface area contributed by atoms with Gasteiger partial charge in [-0.2, -0.15) is 4.31 Å². The molecule has 2 saturated heterocycles. The molecule has 2 aliphatic heterocycles. The largest absolute Gasteiger partial charge is 0.448 e. The number of benzene rings is 2. The van der Waals surface area contributed by atoms with Crippen LogP contribution in [0.2, 0.25) is 5.02 Å². The molecule has 39 heavy (non-hydrogen) atoms. The predicted molar refractivity (Wildman–Crippen MR) is 144 cm³/mol. The Morgan fingerprint density at radius 1 is 1.05 bits per heavy atom. The second-order valence-electron chi connectivity index (χ2n) is 10.9. The van der Waals surface area contributed by atoms with Gasteiger partial charge in [0, 0.05) is 42.8 Å². The van der Waals surface area contributed by atoms with E-state index in [1.807, 2.05) is 6.92 Å². The average molecular weight is 582 g/mol. The predicted octanol–water partition coefficient (Wildman–Crippen LogP) is 5.46. The highest BCUT2D eigenvalue weighted by Crippen LogP contribution is 2.40. The molecule has 0 unspecified atom stereocenters. The number of ether oxygens (including phenoxy) is 1. The zero-order valence-corrected chi connectivity index (χ0v) is 23.5. The van der Waals surface area contributed by atoms with Crippen LogP contribution in [0.4, 0.5) is 13.6 Å². The summed E-state index contributed by atoms with van der Waals surface area (Å²) in [5, 5.41) is 0.372. The van der Waals surface area contributed by atoms with Gasteiger partial charge in [-0.1, -0.05) is 11.6 Å². The van der Waals surface area contributed by atoms with Gasteiger partial charge in [0.15, 0.2) is 0 Å². The van der Waals surface area contributed by atoms with Crippen LogP contribution in [0.5, 0.6) is 0 Å². The first-order valence-corrected chi connectivity index (χ1v) is 15.3. The Morgan fingerprint density at radius 2 is 1.79 bits per heavy atom. The number of rotatable bonds is 7. The molecule has 2 heterocycles. The smallest absolute Gasteiger partial charge is 0.410 e. The molecule has 0 aromatic heterocycles. The van der Waals surface area contributed by atoms with Gasteiger partial charge in [0.1, 0.15) is 18.2 Å². The first-order chi connectivity index (χ1) is 18.6.